The Bertz CT molecular complexity index is 590. The minimum Gasteiger partial charge on any atom is -0.306 e. The number of hydrogen-bond acceptors (Lipinski definition) is 3. The van der Waals surface area contributed by atoms with E-state index in [0.29, 0.717) is 12.1 Å². The smallest absolute Gasteiger partial charge is 0.124 e. The summed E-state index contributed by atoms with van der Waals surface area (Å²) in [5, 5.41) is 12.1. The molecule has 96 valence electrons. The van der Waals surface area contributed by atoms with Gasteiger partial charge in [0.15, 0.2) is 0 Å². The van der Waals surface area contributed by atoms with Gasteiger partial charge in [-0.1, -0.05) is 6.07 Å². The van der Waals surface area contributed by atoms with Crippen LogP contribution in [-0.4, -0.2) is 4.98 Å². The fourth-order valence-electron chi connectivity index (χ4n) is 1.84. The molecule has 0 aliphatic rings. The van der Waals surface area contributed by atoms with Crippen LogP contribution < -0.4 is 5.32 Å². The molecule has 1 N–H and O–H groups in total. The van der Waals surface area contributed by atoms with E-state index in [1.807, 2.05) is 25.1 Å². The Kier molecular flexibility index (Phi) is 4.22. The lowest BCUT2D eigenvalue weighted by molar-refractivity contribution is 0.567. The summed E-state index contributed by atoms with van der Waals surface area (Å²) in [5.41, 5.74) is 2.16. The number of rotatable bonds is 4. The molecule has 2 rings (SSSR count). The molecule has 1 aromatic heterocycles. The molecule has 0 amide bonds. The quantitative estimate of drug-likeness (QED) is 0.913. The van der Waals surface area contributed by atoms with Gasteiger partial charge < -0.3 is 5.32 Å². The summed E-state index contributed by atoms with van der Waals surface area (Å²) < 4.78 is 13.3. The SMILES string of the molecule is C[C@@H](NCc1cc(F)cc(C#N)c1)c1cccnc1. The van der Waals surface area contributed by atoms with Crippen LogP contribution in [0, 0.1) is 17.1 Å². The molecule has 1 atom stereocenters. The predicted molar refractivity (Wildman–Crippen MR) is 70.6 cm³/mol. The first-order valence-electron chi connectivity index (χ1n) is 6.02. The third kappa shape index (κ3) is 3.60. The lowest BCUT2D eigenvalue weighted by Gasteiger charge is -2.14. The van der Waals surface area contributed by atoms with Crippen molar-refractivity contribution in [3.63, 3.8) is 0 Å². The summed E-state index contributed by atoms with van der Waals surface area (Å²) >= 11 is 0. The zero-order valence-corrected chi connectivity index (χ0v) is 10.6. The van der Waals surface area contributed by atoms with Crippen molar-refractivity contribution in [2.24, 2.45) is 0 Å². The van der Waals surface area contributed by atoms with Crippen LogP contribution >= 0.6 is 0 Å². The highest BCUT2D eigenvalue weighted by Gasteiger charge is 2.06. The maximum atomic E-state index is 13.3. The molecule has 0 spiro atoms. The predicted octanol–water partition coefficient (Wildman–Crippen LogP) is 2.94. The van der Waals surface area contributed by atoms with Crippen molar-refractivity contribution in [1.29, 1.82) is 5.26 Å². The minimum absolute atomic E-state index is 0.113. The van der Waals surface area contributed by atoms with Crippen LogP contribution in [0.4, 0.5) is 4.39 Å². The monoisotopic (exact) mass is 255 g/mol. The van der Waals surface area contributed by atoms with Gasteiger partial charge in [0.2, 0.25) is 0 Å². The van der Waals surface area contributed by atoms with Crippen LogP contribution in [0.3, 0.4) is 0 Å². The number of halogens is 1. The molecule has 19 heavy (non-hydrogen) atoms. The first-order chi connectivity index (χ1) is 9.19. The summed E-state index contributed by atoms with van der Waals surface area (Å²) in [6, 6.07) is 10.3. The lowest BCUT2D eigenvalue weighted by atomic mass is 10.1. The van der Waals surface area contributed by atoms with E-state index in [2.05, 4.69) is 10.3 Å². The van der Waals surface area contributed by atoms with Crippen LogP contribution in [0.15, 0.2) is 42.7 Å². The Balaban J connectivity index is 2.03. The Morgan fingerprint density at radius 2 is 2.26 bits per heavy atom. The van der Waals surface area contributed by atoms with Crippen molar-refractivity contribution in [3.05, 3.63) is 65.2 Å². The Hall–Kier alpha value is -2.25. The van der Waals surface area contributed by atoms with Gasteiger partial charge in [0.1, 0.15) is 5.82 Å². The Morgan fingerprint density at radius 1 is 1.42 bits per heavy atom. The van der Waals surface area contributed by atoms with Crippen molar-refractivity contribution in [2.75, 3.05) is 0 Å². The molecule has 0 saturated heterocycles. The number of nitriles is 1. The number of benzene rings is 1. The summed E-state index contributed by atoms with van der Waals surface area (Å²) in [6.45, 7) is 2.52. The van der Waals surface area contributed by atoms with Crippen molar-refractivity contribution < 1.29 is 4.39 Å². The molecule has 0 aliphatic carbocycles. The number of hydrogen-bond donors (Lipinski definition) is 1. The van der Waals surface area contributed by atoms with Crippen LogP contribution in [0.5, 0.6) is 0 Å². The number of aromatic nitrogens is 1. The summed E-state index contributed by atoms with van der Waals surface area (Å²) in [6.07, 6.45) is 3.52. The number of pyridine rings is 1. The van der Waals surface area contributed by atoms with E-state index in [4.69, 9.17) is 5.26 Å². The van der Waals surface area contributed by atoms with Gasteiger partial charge in [0, 0.05) is 25.0 Å². The van der Waals surface area contributed by atoms with Gasteiger partial charge in [0.05, 0.1) is 11.6 Å². The van der Waals surface area contributed by atoms with Gasteiger partial charge >= 0.3 is 0 Å². The molecule has 1 heterocycles. The van der Waals surface area contributed by atoms with Crippen LogP contribution in [0.1, 0.15) is 29.7 Å². The third-order valence-electron chi connectivity index (χ3n) is 2.88. The molecule has 1 aromatic carbocycles. The maximum Gasteiger partial charge on any atom is 0.124 e. The molecule has 0 radical (unpaired) electrons. The fourth-order valence-corrected chi connectivity index (χ4v) is 1.84. The van der Waals surface area contributed by atoms with Gasteiger partial charge in [0.25, 0.3) is 0 Å². The average molecular weight is 255 g/mol. The van der Waals surface area contributed by atoms with Gasteiger partial charge in [-0.2, -0.15) is 5.26 Å². The van der Waals surface area contributed by atoms with E-state index in [1.165, 1.54) is 12.1 Å². The molecule has 0 aliphatic heterocycles. The molecular weight excluding hydrogens is 241 g/mol. The van der Waals surface area contributed by atoms with Gasteiger partial charge in [-0.25, -0.2) is 4.39 Å². The van der Waals surface area contributed by atoms with Crippen molar-refractivity contribution in [1.82, 2.24) is 10.3 Å². The maximum absolute atomic E-state index is 13.3. The van der Waals surface area contributed by atoms with E-state index in [0.717, 1.165) is 11.1 Å². The van der Waals surface area contributed by atoms with Crippen molar-refractivity contribution >= 4 is 0 Å². The molecule has 0 bridgehead atoms. The average Bonchev–Trinajstić information content (AvgIpc) is 2.45. The number of nitrogens with zero attached hydrogens (tertiary/aromatic N) is 2. The van der Waals surface area contributed by atoms with Crippen LogP contribution in [-0.2, 0) is 6.54 Å². The summed E-state index contributed by atoms with van der Waals surface area (Å²) in [4.78, 5) is 4.06. The lowest BCUT2D eigenvalue weighted by Crippen LogP contribution is -2.18. The zero-order valence-electron chi connectivity index (χ0n) is 10.6. The number of nitrogens with one attached hydrogen (secondary N) is 1. The highest BCUT2D eigenvalue weighted by molar-refractivity contribution is 5.33. The van der Waals surface area contributed by atoms with E-state index in [-0.39, 0.29) is 11.9 Å². The second-order valence-corrected chi connectivity index (χ2v) is 4.35. The Morgan fingerprint density at radius 3 is 2.95 bits per heavy atom. The van der Waals surface area contributed by atoms with E-state index >= 15 is 0 Å². The Labute approximate surface area is 111 Å². The molecule has 0 fully saturated rings. The third-order valence-corrected chi connectivity index (χ3v) is 2.88. The molecule has 3 nitrogen and oxygen atoms in total. The first-order valence-corrected chi connectivity index (χ1v) is 6.02. The summed E-state index contributed by atoms with van der Waals surface area (Å²) in [7, 11) is 0. The molecular formula is C15H14FN3. The van der Waals surface area contributed by atoms with E-state index in [9.17, 15) is 4.39 Å². The first kappa shape index (κ1) is 13.2. The minimum atomic E-state index is -0.384. The van der Waals surface area contributed by atoms with Gasteiger partial charge in [-0.3, -0.25) is 4.98 Å². The van der Waals surface area contributed by atoms with Gasteiger partial charge in [-0.05, 0) is 42.3 Å². The summed E-state index contributed by atoms with van der Waals surface area (Å²) in [5.74, 6) is -0.384. The van der Waals surface area contributed by atoms with Crippen molar-refractivity contribution in [3.8, 4) is 6.07 Å². The fraction of sp³-hybridized carbons (Fsp3) is 0.200. The molecule has 0 unspecified atom stereocenters. The largest absolute Gasteiger partial charge is 0.306 e. The molecule has 2 aromatic rings. The normalized spacial score (nSPS) is 11.8. The van der Waals surface area contributed by atoms with Crippen molar-refractivity contribution in [2.45, 2.75) is 19.5 Å². The highest BCUT2D eigenvalue weighted by Crippen LogP contribution is 2.13. The second kappa shape index (κ2) is 6.07. The van der Waals surface area contributed by atoms with E-state index in [1.54, 1.807) is 18.5 Å². The topological polar surface area (TPSA) is 48.7 Å². The van der Waals surface area contributed by atoms with Gasteiger partial charge in [-0.15, -0.1) is 0 Å². The standard InChI is InChI=1S/C15H14FN3/c1-11(14-3-2-4-18-10-14)19-9-13-5-12(8-17)6-15(16)7-13/h2-7,10-11,19H,9H2,1H3/t11-/m1/s1. The van der Waals surface area contributed by atoms with E-state index < -0.39 is 0 Å². The van der Waals surface area contributed by atoms with Crippen LogP contribution in [0.25, 0.3) is 0 Å². The molecule has 4 heteroatoms. The van der Waals surface area contributed by atoms with Crippen LogP contribution in [0.2, 0.25) is 0 Å². The highest BCUT2D eigenvalue weighted by atomic mass is 19.1. The second-order valence-electron chi connectivity index (χ2n) is 4.35. The molecule has 0 saturated carbocycles. The zero-order chi connectivity index (χ0) is 13.7.